The van der Waals surface area contributed by atoms with E-state index < -0.39 is 5.54 Å². The summed E-state index contributed by atoms with van der Waals surface area (Å²) in [6.45, 7) is 3.86. The molecular weight excluding hydrogens is 368 g/mol. The number of hydrogen-bond acceptors (Lipinski definition) is 3. The molecule has 0 aromatic heterocycles. The molecule has 4 nitrogen and oxygen atoms in total. The smallest absolute Gasteiger partial charge is 0.255 e. The Morgan fingerprint density at radius 1 is 1.25 bits per heavy atom. The first-order chi connectivity index (χ1) is 11.5. The van der Waals surface area contributed by atoms with Gasteiger partial charge in [0.25, 0.3) is 5.91 Å². The zero-order valence-electron chi connectivity index (χ0n) is 13.1. The Balaban J connectivity index is 2.20. The third-order valence-electron chi connectivity index (χ3n) is 4.19. The second kappa shape index (κ2) is 6.14. The Kier molecular flexibility index (Phi) is 4.16. The zero-order chi connectivity index (χ0) is 17.3. The molecule has 1 fully saturated rings. The molecule has 1 heterocycles. The first-order valence-corrected chi connectivity index (χ1v) is 8.15. The van der Waals surface area contributed by atoms with Crippen LogP contribution in [0.4, 0.5) is 5.69 Å². The molecule has 5 heteroatoms. The number of nitriles is 1. The molecule has 2 aromatic rings. The molecular formula is C19H15BrN2O2. The summed E-state index contributed by atoms with van der Waals surface area (Å²) in [5, 5.41) is 10.0. The number of methoxy groups -OCH3 is 1. The van der Waals surface area contributed by atoms with Gasteiger partial charge in [0.2, 0.25) is 0 Å². The number of carbonyl (C=O) groups is 1. The van der Waals surface area contributed by atoms with Gasteiger partial charge in [0.15, 0.2) is 5.54 Å². The monoisotopic (exact) mass is 382 g/mol. The van der Waals surface area contributed by atoms with Crippen molar-refractivity contribution in [1.82, 2.24) is 0 Å². The molecule has 0 radical (unpaired) electrons. The molecule has 1 aliphatic rings. The summed E-state index contributed by atoms with van der Waals surface area (Å²) in [4.78, 5) is 14.3. The Morgan fingerprint density at radius 3 is 2.50 bits per heavy atom. The molecule has 24 heavy (non-hydrogen) atoms. The summed E-state index contributed by atoms with van der Waals surface area (Å²) in [5.74, 6) is 0.449. The Hall–Kier alpha value is -2.58. The van der Waals surface area contributed by atoms with Crippen molar-refractivity contribution in [3.05, 3.63) is 70.7 Å². The molecule has 120 valence electrons. The van der Waals surface area contributed by atoms with E-state index in [4.69, 9.17) is 4.74 Å². The fraction of sp³-hybridized carbons (Fsp3) is 0.158. The van der Waals surface area contributed by atoms with Gasteiger partial charge in [-0.15, -0.1) is 0 Å². The number of ether oxygens (including phenoxy) is 1. The molecule has 1 amide bonds. The third-order valence-corrected chi connectivity index (χ3v) is 4.88. The molecule has 2 aromatic carbocycles. The number of benzene rings is 2. The quantitative estimate of drug-likeness (QED) is 0.748. The van der Waals surface area contributed by atoms with Crippen LogP contribution in [0.25, 0.3) is 0 Å². The SMILES string of the molecule is C=C1CC(C#N)(c2ccccc2Br)N(c2ccc(OC)cc2)C1=O. The molecule has 0 saturated carbocycles. The lowest BCUT2D eigenvalue weighted by Crippen LogP contribution is -2.42. The minimum Gasteiger partial charge on any atom is -0.497 e. The van der Waals surface area contributed by atoms with Gasteiger partial charge in [0, 0.05) is 27.7 Å². The van der Waals surface area contributed by atoms with Crippen LogP contribution in [0.1, 0.15) is 12.0 Å². The van der Waals surface area contributed by atoms with Gasteiger partial charge >= 0.3 is 0 Å². The fourth-order valence-electron chi connectivity index (χ4n) is 3.03. The van der Waals surface area contributed by atoms with E-state index in [1.165, 1.54) is 4.90 Å². The summed E-state index contributed by atoms with van der Waals surface area (Å²) in [6.07, 6.45) is 0.261. The van der Waals surface area contributed by atoms with Crippen LogP contribution < -0.4 is 9.64 Å². The highest BCUT2D eigenvalue weighted by Gasteiger charge is 2.51. The lowest BCUT2D eigenvalue weighted by molar-refractivity contribution is -0.114. The van der Waals surface area contributed by atoms with Crippen molar-refractivity contribution in [3.63, 3.8) is 0 Å². The number of hydrogen-bond donors (Lipinski definition) is 0. The molecule has 1 unspecified atom stereocenters. The first kappa shape index (κ1) is 16.3. The van der Waals surface area contributed by atoms with Crippen molar-refractivity contribution in [1.29, 1.82) is 5.26 Å². The van der Waals surface area contributed by atoms with Gasteiger partial charge in [0.1, 0.15) is 5.75 Å². The van der Waals surface area contributed by atoms with E-state index >= 15 is 0 Å². The highest BCUT2D eigenvalue weighted by Crippen LogP contribution is 2.46. The number of nitrogens with zero attached hydrogens (tertiary/aromatic N) is 2. The summed E-state index contributed by atoms with van der Waals surface area (Å²) in [5.41, 5.74) is 0.679. The summed E-state index contributed by atoms with van der Waals surface area (Å²) >= 11 is 3.51. The summed E-state index contributed by atoms with van der Waals surface area (Å²) < 4.78 is 5.95. The maximum atomic E-state index is 12.7. The van der Waals surface area contributed by atoms with Gasteiger partial charge < -0.3 is 4.74 Å². The van der Waals surface area contributed by atoms with Crippen molar-refractivity contribution in [2.24, 2.45) is 0 Å². The van der Waals surface area contributed by atoms with Crippen LogP contribution in [0.3, 0.4) is 0 Å². The van der Waals surface area contributed by atoms with Crippen LogP contribution in [0.2, 0.25) is 0 Å². The maximum absolute atomic E-state index is 12.7. The molecule has 0 aliphatic carbocycles. The van der Waals surface area contributed by atoms with Crippen LogP contribution in [0.15, 0.2) is 65.2 Å². The molecule has 3 rings (SSSR count). The van der Waals surface area contributed by atoms with Gasteiger partial charge in [-0.05, 0) is 30.3 Å². The number of amides is 1. The summed E-state index contributed by atoms with van der Waals surface area (Å²) in [7, 11) is 1.58. The van der Waals surface area contributed by atoms with Crippen molar-refractivity contribution in [3.8, 4) is 11.8 Å². The average molecular weight is 383 g/mol. The highest BCUT2D eigenvalue weighted by molar-refractivity contribution is 9.10. The topological polar surface area (TPSA) is 53.3 Å². The van der Waals surface area contributed by atoms with E-state index in [1.807, 2.05) is 24.3 Å². The van der Waals surface area contributed by atoms with Crippen molar-refractivity contribution in [2.75, 3.05) is 12.0 Å². The van der Waals surface area contributed by atoms with Crippen molar-refractivity contribution < 1.29 is 9.53 Å². The minimum atomic E-state index is -1.12. The molecule has 1 aliphatic heterocycles. The number of halogens is 1. The molecule has 0 spiro atoms. The normalized spacial score (nSPS) is 20.1. The van der Waals surface area contributed by atoms with Gasteiger partial charge in [-0.3, -0.25) is 9.69 Å². The predicted molar refractivity (Wildman–Crippen MR) is 95.7 cm³/mol. The Bertz CT molecular complexity index is 854. The van der Waals surface area contributed by atoms with Crippen molar-refractivity contribution in [2.45, 2.75) is 12.0 Å². The van der Waals surface area contributed by atoms with E-state index in [9.17, 15) is 10.1 Å². The fourth-order valence-corrected chi connectivity index (χ4v) is 3.64. The second-order valence-electron chi connectivity index (χ2n) is 5.57. The van der Waals surface area contributed by atoms with Crippen LogP contribution in [0.5, 0.6) is 5.75 Å². The van der Waals surface area contributed by atoms with Gasteiger partial charge in [-0.25, -0.2) is 0 Å². The standard InChI is InChI=1S/C19H15BrN2O2/c1-13-11-19(12-21,16-5-3-4-6-17(16)20)22(18(13)23)14-7-9-15(24-2)10-8-14/h3-10H,1,11H2,2H3. The van der Waals surface area contributed by atoms with E-state index in [-0.39, 0.29) is 12.3 Å². The number of carbonyl (C=O) groups excluding carboxylic acids is 1. The largest absolute Gasteiger partial charge is 0.497 e. The Morgan fingerprint density at radius 2 is 1.92 bits per heavy atom. The lowest BCUT2D eigenvalue weighted by atomic mass is 9.87. The zero-order valence-corrected chi connectivity index (χ0v) is 14.7. The molecule has 1 saturated heterocycles. The van der Waals surface area contributed by atoms with Gasteiger partial charge in [0.05, 0.1) is 13.2 Å². The van der Waals surface area contributed by atoms with Crippen LogP contribution in [-0.4, -0.2) is 13.0 Å². The minimum absolute atomic E-state index is 0.238. The second-order valence-corrected chi connectivity index (χ2v) is 6.43. The molecule has 0 bridgehead atoms. The molecule has 1 atom stereocenters. The third kappa shape index (κ3) is 2.40. The van der Waals surface area contributed by atoms with E-state index in [2.05, 4.69) is 28.6 Å². The first-order valence-electron chi connectivity index (χ1n) is 7.36. The maximum Gasteiger partial charge on any atom is 0.255 e. The van der Waals surface area contributed by atoms with Crippen LogP contribution in [0, 0.1) is 11.3 Å². The van der Waals surface area contributed by atoms with Gasteiger partial charge in [-0.1, -0.05) is 40.7 Å². The van der Waals surface area contributed by atoms with Crippen molar-refractivity contribution >= 4 is 27.5 Å². The average Bonchev–Trinajstić information content (AvgIpc) is 2.87. The van der Waals surface area contributed by atoms with Crippen LogP contribution in [-0.2, 0) is 10.3 Å². The number of anilines is 1. The number of rotatable bonds is 3. The van der Waals surface area contributed by atoms with E-state index in [0.29, 0.717) is 17.0 Å². The van der Waals surface area contributed by atoms with E-state index in [0.717, 1.165) is 10.0 Å². The molecule has 0 N–H and O–H groups in total. The summed E-state index contributed by atoms with van der Waals surface area (Å²) in [6, 6.07) is 16.9. The predicted octanol–water partition coefficient (Wildman–Crippen LogP) is 4.17. The highest BCUT2D eigenvalue weighted by atomic mass is 79.9. The lowest BCUT2D eigenvalue weighted by Gasteiger charge is -2.33. The van der Waals surface area contributed by atoms with Gasteiger partial charge in [-0.2, -0.15) is 5.26 Å². The van der Waals surface area contributed by atoms with Crippen LogP contribution >= 0.6 is 15.9 Å². The van der Waals surface area contributed by atoms with E-state index in [1.54, 1.807) is 31.4 Å². The Labute approximate surface area is 149 Å².